The molecule has 0 radical (unpaired) electrons. The van der Waals surface area contributed by atoms with Crippen molar-refractivity contribution in [2.24, 2.45) is 0 Å². The summed E-state index contributed by atoms with van der Waals surface area (Å²) in [4.78, 5) is 18.1. The molecule has 1 saturated heterocycles. The Morgan fingerprint density at radius 2 is 1.90 bits per heavy atom. The van der Waals surface area contributed by atoms with Gasteiger partial charge >= 0.3 is 12.3 Å². The maximum atomic E-state index is 12.7. The van der Waals surface area contributed by atoms with Crippen molar-refractivity contribution in [1.29, 1.82) is 0 Å². The minimum atomic E-state index is -4.39. The van der Waals surface area contributed by atoms with E-state index < -0.39 is 17.3 Å². The highest BCUT2D eigenvalue weighted by atomic mass is 19.4. The lowest BCUT2D eigenvalue weighted by atomic mass is 10.0. The van der Waals surface area contributed by atoms with Crippen molar-refractivity contribution in [3.8, 4) is 5.82 Å². The van der Waals surface area contributed by atoms with Crippen molar-refractivity contribution in [2.45, 2.75) is 58.0 Å². The molecule has 0 saturated carbocycles. The zero-order valence-electron chi connectivity index (χ0n) is 17.4. The second-order valence-corrected chi connectivity index (χ2v) is 8.53. The van der Waals surface area contributed by atoms with Crippen LogP contribution in [0.3, 0.4) is 0 Å². The number of carbonyl (C=O) groups is 1. The molecule has 6 nitrogen and oxygen atoms in total. The van der Waals surface area contributed by atoms with Gasteiger partial charge in [0.15, 0.2) is 0 Å². The van der Waals surface area contributed by atoms with Crippen LogP contribution in [0.4, 0.5) is 18.0 Å². The fourth-order valence-electron chi connectivity index (χ4n) is 3.35. The Balaban J connectivity index is 1.50. The van der Waals surface area contributed by atoms with Gasteiger partial charge in [-0.1, -0.05) is 0 Å². The third kappa shape index (κ3) is 6.22. The number of likely N-dealkylation sites (tertiary alicyclic amines) is 1. The SMILES string of the molecule is CC(C)(C)OC(=O)NC1CCN(Cc2ccn(-c3ccc(C(F)(F)F)cn3)c2)CC1. The molecule has 0 aromatic carbocycles. The van der Waals surface area contributed by atoms with Gasteiger partial charge in [-0.2, -0.15) is 13.2 Å². The summed E-state index contributed by atoms with van der Waals surface area (Å²) in [6, 6.07) is 4.42. The summed E-state index contributed by atoms with van der Waals surface area (Å²) in [5.41, 5.74) is -0.225. The molecule has 1 aliphatic rings. The molecule has 0 unspecified atom stereocenters. The molecular weight excluding hydrogens is 397 g/mol. The summed E-state index contributed by atoms with van der Waals surface area (Å²) in [6.45, 7) is 7.91. The Bertz CT molecular complexity index is 848. The molecule has 0 spiro atoms. The van der Waals surface area contributed by atoms with Gasteiger partial charge in [0.05, 0.1) is 5.56 Å². The second-order valence-electron chi connectivity index (χ2n) is 8.53. The predicted molar refractivity (Wildman–Crippen MR) is 106 cm³/mol. The third-order valence-corrected chi connectivity index (χ3v) is 4.81. The van der Waals surface area contributed by atoms with Gasteiger partial charge in [-0.25, -0.2) is 9.78 Å². The van der Waals surface area contributed by atoms with Gasteiger partial charge in [0, 0.05) is 44.3 Å². The quantitative estimate of drug-likeness (QED) is 0.791. The molecule has 30 heavy (non-hydrogen) atoms. The number of hydrogen-bond acceptors (Lipinski definition) is 4. The van der Waals surface area contributed by atoms with Gasteiger partial charge in [-0.15, -0.1) is 0 Å². The molecular formula is C21H27F3N4O2. The van der Waals surface area contributed by atoms with E-state index >= 15 is 0 Å². The highest BCUT2D eigenvalue weighted by Crippen LogP contribution is 2.28. The molecule has 1 N–H and O–H groups in total. The Kier molecular flexibility index (Phi) is 6.40. The predicted octanol–water partition coefficient (Wildman–Crippen LogP) is 4.38. The fraction of sp³-hybridized carbons (Fsp3) is 0.524. The smallest absolute Gasteiger partial charge is 0.417 e. The number of pyridine rings is 1. The van der Waals surface area contributed by atoms with Gasteiger partial charge in [-0.3, -0.25) is 4.90 Å². The summed E-state index contributed by atoms with van der Waals surface area (Å²) in [6.07, 6.45) is 1.40. The third-order valence-electron chi connectivity index (χ3n) is 4.81. The lowest BCUT2D eigenvalue weighted by Gasteiger charge is -2.32. The number of nitrogens with one attached hydrogen (secondary N) is 1. The topological polar surface area (TPSA) is 59.4 Å². The highest BCUT2D eigenvalue weighted by Gasteiger charge is 2.30. The van der Waals surface area contributed by atoms with E-state index in [1.54, 1.807) is 10.8 Å². The van der Waals surface area contributed by atoms with Gasteiger partial charge in [0.25, 0.3) is 0 Å². The van der Waals surface area contributed by atoms with Crippen molar-refractivity contribution >= 4 is 6.09 Å². The fourth-order valence-corrected chi connectivity index (χ4v) is 3.35. The number of amides is 1. The minimum Gasteiger partial charge on any atom is -0.444 e. The number of carbonyl (C=O) groups excluding carboxylic acids is 1. The monoisotopic (exact) mass is 424 g/mol. The molecule has 0 bridgehead atoms. The number of hydrogen-bond donors (Lipinski definition) is 1. The molecule has 3 heterocycles. The van der Waals surface area contributed by atoms with E-state index in [4.69, 9.17) is 4.74 Å². The average Bonchev–Trinajstić information content (AvgIpc) is 3.10. The van der Waals surface area contributed by atoms with Crippen LogP contribution >= 0.6 is 0 Å². The Labute approximate surface area is 174 Å². The number of ether oxygens (including phenoxy) is 1. The largest absolute Gasteiger partial charge is 0.444 e. The van der Waals surface area contributed by atoms with E-state index in [9.17, 15) is 18.0 Å². The van der Waals surface area contributed by atoms with Gasteiger partial charge in [0.2, 0.25) is 0 Å². The van der Waals surface area contributed by atoms with Crippen LogP contribution in [0, 0.1) is 0 Å². The molecule has 1 aliphatic heterocycles. The summed E-state index contributed by atoms with van der Waals surface area (Å²) < 4.78 is 45.0. The number of halogens is 3. The molecule has 2 aromatic rings. The maximum Gasteiger partial charge on any atom is 0.417 e. The van der Waals surface area contributed by atoms with E-state index in [0.29, 0.717) is 5.82 Å². The Morgan fingerprint density at radius 1 is 1.20 bits per heavy atom. The van der Waals surface area contributed by atoms with E-state index in [1.165, 1.54) is 6.07 Å². The number of aromatic nitrogens is 2. The Morgan fingerprint density at radius 3 is 2.47 bits per heavy atom. The number of alkyl carbamates (subject to hydrolysis) is 1. The van der Waals surface area contributed by atoms with Crippen LogP contribution in [0.25, 0.3) is 5.82 Å². The van der Waals surface area contributed by atoms with E-state index in [2.05, 4.69) is 15.2 Å². The first-order valence-corrected chi connectivity index (χ1v) is 9.92. The standard InChI is InChI=1S/C21H27F3N4O2/c1-20(2,3)30-19(29)26-17-7-9-27(10-8-17)13-15-6-11-28(14-15)18-5-4-16(12-25-18)21(22,23)24/h4-6,11-12,14,17H,7-10,13H2,1-3H3,(H,26,29). The zero-order chi connectivity index (χ0) is 21.9. The van der Waals surface area contributed by atoms with Crippen LogP contribution in [0.1, 0.15) is 44.7 Å². The molecule has 0 atom stereocenters. The van der Waals surface area contributed by atoms with Crippen LogP contribution in [0.15, 0.2) is 36.8 Å². The van der Waals surface area contributed by atoms with Crippen LogP contribution < -0.4 is 5.32 Å². The molecule has 1 amide bonds. The van der Waals surface area contributed by atoms with Crippen molar-refractivity contribution in [1.82, 2.24) is 19.8 Å². The number of rotatable bonds is 4. The summed E-state index contributed by atoms with van der Waals surface area (Å²) >= 11 is 0. The second kappa shape index (κ2) is 8.67. The Hall–Kier alpha value is -2.55. The summed E-state index contributed by atoms with van der Waals surface area (Å²) in [5.74, 6) is 0.439. The number of nitrogens with zero attached hydrogens (tertiary/aromatic N) is 3. The summed E-state index contributed by atoms with van der Waals surface area (Å²) in [5, 5.41) is 2.92. The number of piperidine rings is 1. The lowest BCUT2D eigenvalue weighted by Crippen LogP contribution is -2.45. The van der Waals surface area contributed by atoms with Crippen molar-refractivity contribution in [3.63, 3.8) is 0 Å². The van der Waals surface area contributed by atoms with E-state index in [0.717, 1.165) is 50.3 Å². The summed E-state index contributed by atoms with van der Waals surface area (Å²) in [7, 11) is 0. The molecule has 9 heteroatoms. The van der Waals surface area contributed by atoms with Crippen LogP contribution in [0.2, 0.25) is 0 Å². The first-order valence-electron chi connectivity index (χ1n) is 9.92. The van der Waals surface area contributed by atoms with Crippen LogP contribution in [-0.2, 0) is 17.5 Å². The van der Waals surface area contributed by atoms with Gasteiger partial charge in [-0.05, 0) is 57.4 Å². The minimum absolute atomic E-state index is 0.0945. The zero-order valence-corrected chi connectivity index (χ0v) is 17.4. The molecule has 1 fully saturated rings. The van der Waals surface area contributed by atoms with Crippen LogP contribution in [-0.4, -0.2) is 45.3 Å². The van der Waals surface area contributed by atoms with Crippen molar-refractivity contribution in [2.75, 3.05) is 13.1 Å². The van der Waals surface area contributed by atoms with Crippen LogP contribution in [0.5, 0.6) is 0 Å². The maximum absolute atomic E-state index is 12.7. The van der Waals surface area contributed by atoms with E-state index in [-0.39, 0.29) is 12.1 Å². The van der Waals surface area contributed by atoms with Gasteiger partial charge in [0.1, 0.15) is 11.4 Å². The molecule has 164 valence electrons. The van der Waals surface area contributed by atoms with Crippen molar-refractivity contribution < 1.29 is 22.7 Å². The van der Waals surface area contributed by atoms with Crippen molar-refractivity contribution in [3.05, 3.63) is 47.9 Å². The first kappa shape index (κ1) is 22.1. The average molecular weight is 424 g/mol. The lowest BCUT2D eigenvalue weighted by molar-refractivity contribution is -0.137. The first-order chi connectivity index (χ1) is 14.0. The van der Waals surface area contributed by atoms with E-state index in [1.807, 2.05) is 33.0 Å². The normalized spacial score (nSPS) is 16.5. The molecule has 3 rings (SSSR count). The number of alkyl halides is 3. The molecule has 2 aromatic heterocycles. The van der Waals surface area contributed by atoms with Gasteiger partial charge < -0.3 is 14.6 Å². The molecule has 0 aliphatic carbocycles. The highest BCUT2D eigenvalue weighted by molar-refractivity contribution is 5.68.